The Hall–Kier alpha value is -1.71. The summed E-state index contributed by atoms with van der Waals surface area (Å²) in [6, 6.07) is 14.1. The smallest absolute Gasteiger partial charge is 0.166 e. The lowest BCUT2D eigenvalue weighted by Crippen LogP contribution is -2.63. The molecule has 0 heterocycles. The summed E-state index contributed by atoms with van der Waals surface area (Å²) in [7, 11) is 0. The molecule has 4 fully saturated rings. The zero-order chi connectivity index (χ0) is 22.4. The third kappa shape index (κ3) is 4.39. The zero-order valence-electron chi connectivity index (χ0n) is 19.7. The number of hydrogen-bond acceptors (Lipinski definition) is 3. The number of hydrogen-bond donors (Lipinski definition) is 1. The quantitative estimate of drug-likeness (QED) is 0.460. The summed E-state index contributed by atoms with van der Waals surface area (Å²) in [5, 5.41) is 4.80. The summed E-state index contributed by atoms with van der Waals surface area (Å²) in [4.78, 5) is 0. The van der Waals surface area contributed by atoms with E-state index in [9.17, 15) is 0 Å². The van der Waals surface area contributed by atoms with E-state index in [0.29, 0.717) is 24.0 Å². The van der Waals surface area contributed by atoms with Crippen molar-refractivity contribution in [1.29, 1.82) is 0 Å². The fourth-order valence-electron chi connectivity index (χ4n) is 7.80. The molecule has 172 valence electrons. The molecule has 4 bridgehead atoms. The Morgan fingerprint density at radius 2 is 1.66 bits per heavy atom. The van der Waals surface area contributed by atoms with Crippen LogP contribution in [-0.4, -0.2) is 12.1 Å². The molecule has 0 saturated heterocycles. The van der Waals surface area contributed by atoms with Gasteiger partial charge in [0, 0.05) is 22.7 Å². The lowest BCUT2D eigenvalue weighted by molar-refractivity contribution is -0.118. The number of rotatable bonds is 8. The molecule has 4 heteroatoms. The van der Waals surface area contributed by atoms with Gasteiger partial charge in [-0.1, -0.05) is 49.7 Å². The van der Waals surface area contributed by atoms with Crippen LogP contribution in [0.15, 0.2) is 42.5 Å². The van der Waals surface area contributed by atoms with Crippen LogP contribution in [-0.2, 0) is 13.2 Å². The summed E-state index contributed by atoms with van der Waals surface area (Å²) < 4.78 is 12.3. The minimum absolute atomic E-state index is 0.262. The molecule has 4 saturated carbocycles. The van der Waals surface area contributed by atoms with Crippen LogP contribution in [0.5, 0.6) is 11.5 Å². The van der Waals surface area contributed by atoms with Gasteiger partial charge in [0.2, 0.25) is 0 Å². The molecule has 0 spiro atoms. The second kappa shape index (κ2) is 8.25. The van der Waals surface area contributed by atoms with Crippen LogP contribution in [0.2, 0.25) is 5.02 Å². The van der Waals surface area contributed by atoms with E-state index in [1.54, 1.807) is 0 Å². The van der Waals surface area contributed by atoms with E-state index >= 15 is 0 Å². The molecule has 0 aromatic heterocycles. The number of benzene rings is 2. The second-order valence-corrected chi connectivity index (χ2v) is 11.8. The summed E-state index contributed by atoms with van der Waals surface area (Å²) in [6.07, 6.45) is 8.17. The van der Waals surface area contributed by atoms with Gasteiger partial charge in [-0.25, -0.2) is 0 Å². The largest absolute Gasteiger partial charge is 0.490 e. The lowest BCUT2D eigenvalue weighted by atomic mass is 9.43. The molecule has 2 aromatic carbocycles. The number of ether oxygens (including phenoxy) is 2. The van der Waals surface area contributed by atoms with Crippen molar-refractivity contribution >= 4 is 11.6 Å². The van der Waals surface area contributed by atoms with Crippen molar-refractivity contribution in [1.82, 2.24) is 5.32 Å². The first-order chi connectivity index (χ1) is 15.3. The van der Waals surface area contributed by atoms with Crippen LogP contribution in [0.4, 0.5) is 0 Å². The zero-order valence-corrected chi connectivity index (χ0v) is 20.4. The molecule has 4 aliphatic rings. The number of halogens is 1. The maximum absolute atomic E-state index is 6.35. The van der Waals surface area contributed by atoms with Crippen LogP contribution < -0.4 is 14.8 Å². The molecule has 3 nitrogen and oxygen atoms in total. The summed E-state index contributed by atoms with van der Waals surface area (Å²) in [5.74, 6) is 2.56. The minimum Gasteiger partial charge on any atom is -0.490 e. The first kappa shape index (κ1) is 22.1. The van der Waals surface area contributed by atoms with Gasteiger partial charge in [-0.15, -0.1) is 0 Å². The standard InChI is InChI=1S/C28H36ClNO2/c1-4-31-24-7-5-6-22(25(24)32-16-20-8-10-23(29)11-9-20)15-30-28-14-21-12-26(2,18-28)17-27(3,13-21)19-28/h5-11,21,30H,4,12-19H2,1-3H3/t21?,26-,27+,28?. The molecular formula is C28H36ClNO2. The normalized spacial score (nSPS) is 32.8. The van der Waals surface area contributed by atoms with Crippen LogP contribution in [0, 0.1) is 16.7 Å². The van der Waals surface area contributed by atoms with Gasteiger partial charge < -0.3 is 14.8 Å². The maximum atomic E-state index is 6.35. The predicted octanol–water partition coefficient (Wildman–Crippen LogP) is 7.16. The van der Waals surface area contributed by atoms with Crippen molar-refractivity contribution in [3.05, 3.63) is 58.6 Å². The Labute approximate surface area is 197 Å². The van der Waals surface area contributed by atoms with Gasteiger partial charge in [0.1, 0.15) is 6.61 Å². The van der Waals surface area contributed by atoms with Crippen molar-refractivity contribution in [2.45, 2.75) is 78.0 Å². The molecule has 2 unspecified atom stereocenters. The van der Waals surface area contributed by atoms with Crippen molar-refractivity contribution in [2.75, 3.05) is 6.61 Å². The summed E-state index contributed by atoms with van der Waals surface area (Å²) in [6.45, 7) is 9.01. The average molecular weight is 454 g/mol. The second-order valence-electron chi connectivity index (χ2n) is 11.4. The SMILES string of the molecule is CCOc1cccc(CNC23CC4C[C@@](C)(C2)C[C@](C)(C4)C3)c1OCc1ccc(Cl)cc1. The Kier molecular flexibility index (Phi) is 5.70. The highest BCUT2D eigenvalue weighted by atomic mass is 35.5. The molecular weight excluding hydrogens is 418 g/mol. The average Bonchev–Trinajstić information content (AvgIpc) is 2.70. The van der Waals surface area contributed by atoms with Crippen molar-refractivity contribution in [3.63, 3.8) is 0 Å². The van der Waals surface area contributed by atoms with E-state index in [0.717, 1.165) is 34.5 Å². The van der Waals surface area contributed by atoms with Gasteiger partial charge in [-0.3, -0.25) is 0 Å². The monoisotopic (exact) mass is 453 g/mol. The van der Waals surface area contributed by atoms with E-state index in [1.165, 1.54) is 44.1 Å². The Balaban J connectivity index is 1.35. The molecule has 6 rings (SSSR count). The van der Waals surface area contributed by atoms with E-state index < -0.39 is 0 Å². The number of para-hydroxylation sites is 1. The topological polar surface area (TPSA) is 30.5 Å². The Morgan fingerprint density at radius 1 is 0.938 bits per heavy atom. The van der Waals surface area contributed by atoms with Crippen molar-refractivity contribution < 1.29 is 9.47 Å². The fourth-order valence-corrected chi connectivity index (χ4v) is 7.92. The predicted molar refractivity (Wildman–Crippen MR) is 130 cm³/mol. The Bertz CT molecular complexity index is 954. The van der Waals surface area contributed by atoms with E-state index in [1.807, 2.05) is 37.3 Å². The lowest BCUT2D eigenvalue weighted by Gasteiger charge is -2.65. The third-order valence-electron chi connectivity index (χ3n) is 7.94. The van der Waals surface area contributed by atoms with Crippen LogP contribution in [0.25, 0.3) is 0 Å². The van der Waals surface area contributed by atoms with E-state index in [-0.39, 0.29) is 5.54 Å². The minimum atomic E-state index is 0.262. The molecule has 0 aliphatic heterocycles. The third-order valence-corrected chi connectivity index (χ3v) is 8.19. The van der Waals surface area contributed by atoms with Crippen LogP contribution >= 0.6 is 11.6 Å². The maximum Gasteiger partial charge on any atom is 0.166 e. The fraction of sp³-hybridized carbons (Fsp3) is 0.571. The molecule has 0 radical (unpaired) electrons. The van der Waals surface area contributed by atoms with Gasteiger partial charge in [0.15, 0.2) is 11.5 Å². The highest BCUT2D eigenvalue weighted by molar-refractivity contribution is 6.30. The molecule has 32 heavy (non-hydrogen) atoms. The van der Waals surface area contributed by atoms with Crippen LogP contribution in [0.3, 0.4) is 0 Å². The molecule has 0 amide bonds. The molecule has 1 N–H and O–H groups in total. The highest BCUT2D eigenvalue weighted by Crippen LogP contribution is 2.66. The highest BCUT2D eigenvalue weighted by Gasteiger charge is 2.59. The Morgan fingerprint density at radius 3 is 2.31 bits per heavy atom. The van der Waals surface area contributed by atoms with E-state index in [4.69, 9.17) is 21.1 Å². The summed E-state index contributed by atoms with van der Waals surface area (Å²) >= 11 is 6.04. The van der Waals surface area contributed by atoms with Gasteiger partial charge >= 0.3 is 0 Å². The van der Waals surface area contributed by atoms with Gasteiger partial charge in [-0.05, 0) is 86.0 Å². The summed E-state index contributed by atoms with van der Waals surface area (Å²) in [5.41, 5.74) is 3.54. The van der Waals surface area contributed by atoms with Crippen LogP contribution in [0.1, 0.15) is 70.4 Å². The first-order valence-electron chi connectivity index (χ1n) is 12.2. The first-order valence-corrected chi connectivity index (χ1v) is 12.5. The van der Waals surface area contributed by atoms with Gasteiger partial charge in [0.25, 0.3) is 0 Å². The van der Waals surface area contributed by atoms with E-state index in [2.05, 4.69) is 31.3 Å². The van der Waals surface area contributed by atoms with Crippen molar-refractivity contribution in [3.8, 4) is 11.5 Å². The molecule has 2 aromatic rings. The van der Waals surface area contributed by atoms with Crippen molar-refractivity contribution in [2.24, 2.45) is 16.7 Å². The van der Waals surface area contributed by atoms with Gasteiger partial charge in [-0.2, -0.15) is 0 Å². The number of nitrogens with one attached hydrogen (secondary N) is 1. The molecule has 4 atom stereocenters. The molecule has 4 aliphatic carbocycles. The van der Waals surface area contributed by atoms with Gasteiger partial charge in [0.05, 0.1) is 6.61 Å².